The van der Waals surface area contributed by atoms with Crippen molar-refractivity contribution in [3.8, 4) is 5.75 Å². The van der Waals surface area contributed by atoms with Crippen molar-refractivity contribution >= 4 is 15.9 Å². The molecule has 0 unspecified atom stereocenters. The van der Waals surface area contributed by atoms with E-state index in [1.165, 1.54) is 0 Å². The van der Waals surface area contributed by atoms with Crippen LogP contribution in [0.15, 0.2) is 0 Å². The second-order valence-corrected chi connectivity index (χ2v) is 5.59. The van der Waals surface area contributed by atoms with Crippen molar-refractivity contribution in [2.24, 2.45) is 5.41 Å². The highest BCUT2D eigenvalue weighted by molar-refractivity contribution is 9.09. The van der Waals surface area contributed by atoms with Crippen molar-refractivity contribution in [2.45, 2.75) is 25.7 Å². The van der Waals surface area contributed by atoms with Gasteiger partial charge in [0.25, 0.3) is 0 Å². The van der Waals surface area contributed by atoms with E-state index < -0.39 is 34.8 Å². The number of hydrogen-bond donors (Lipinski definition) is 0. The highest BCUT2D eigenvalue weighted by Crippen LogP contribution is 2.40. The molecule has 0 atom stereocenters. The number of halogens is 6. The zero-order valence-corrected chi connectivity index (χ0v) is 12.0. The van der Waals surface area contributed by atoms with Crippen LogP contribution in [0, 0.1) is 34.5 Å². The predicted octanol–water partition coefficient (Wildman–Crippen LogP) is 4.72. The number of alkyl halides is 1. The second-order valence-electron chi connectivity index (χ2n) is 5.03. The minimum absolute atomic E-state index is 0.0867. The topological polar surface area (TPSA) is 9.23 Å². The summed E-state index contributed by atoms with van der Waals surface area (Å²) in [5.74, 6) is -11.2. The van der Waals surface area contributed by atoms with Gasteiger partial charge in [0.1, 0.15) is 0 Å². The van der Waals surface area contributed by atoms with E-state index in [1.807, 2.05) is 0 Å². The maximum Gasteiger partial charge on any atom is 0.206 e. The van der Waals surface area contributed by atoms with Gasteiger partial charge in [0, 0.05) is 10.7 Å². The molecule has 1 nitrogen and oxygen atoms in total. The van der Waals surface area contributed by atoms with Gasteiger partial charge in [-0.15, -0.1) is 0 Å². The summed E-state index contributed by atoms with van der Waals surface area (Å²) in [5.41, 5.74) is -0.319. The molecule has 0 radical (unpaired) electrons. The van der Waals surface area contributed by atoms with Crippen LogP contribution in [0.25, 0.3) is 0 Å². The van der Waals surface area contributed by atoms with Crippen LogP contribution in [0.5, 0.6) is 5.75 Å². The van der Waals surface area contributed by atoms with Crippen molar-refractivity contribution in [3.05, 3.63) is 29.1 Å². The summed E-state index contributed by atoms with van der Waals surface area (Å²) in [6.45, 7) is -0.0867. The summed E-state index contributed by atoms with van der Waals surface area (Å²) in [6.07, 6.45) is 3.47. The van der Waals surface area contributed by atoms with E-state index in [-0.39, 0.29) is 12.0 Å². The summed E-state index contributed by atoms with van der Waals surface area (Å²) < 4.78 is 70.8. The first kappa shape index (κ1) is 15.5. The zero-order chi connectivity index (χ0) is 14.9. The molecular formula is C13H12BrF5O. The molecule has 1 aliphatic rings. The summed E-state index contributed by atoms with van der Waals surface area (Å²) in [7, 11) is 0. The smallest absolute Gasteiger partial charge is 0.206 e. The molecular weight excluding hydrogens is 347 g/mol. The van der Waals surface area contributed by atoms with Crippen LogP contribution in [0.3, 0.4) is 0 Å². The maximum absolute atomic E-state index is 13.4. The minimum Gasteiger partial charge on any atom is -0.487 e. The molecule has 7 heteroatoms. The molecule has 1 aliphatic carbocycles. The molecule has 2 rings (SSSR count). The van der Waals surface area contributed by atoms with Crippen LogP contribution in [-0.4, -0.2) is 11.9 Å². The Hall–Kier alpha value is -0.850. The van der Waals surface area contributed by atoms with Crippen molar-refractivity contribution < 1.29 is 26.7 Å². The van der Waals surface area contributed by atoms with E-state index >= 15 is 0 Å². The highest BCUT2D eigenvalue weighted by atomic mass is 79.9. The quantitative estimate of drug-likeness (QED) is 0.327. The molecule has 112 valence electrons. The van der Waals surface area contributed by atoms with Crippen molar-refractivity contribution in [2.75, 3.05) is 11.9 Å². The third-order valence-corrected chi connectivity index (χ3v) is 4.83. The van der Waals surface area contributed by atoms with Gasteiger partial charge in [-0.2, -0.15) is 8.78 Å². The van der Waals surface area contributed by atoms with Crippen LogP contribution < -0.4 is 4.74 Å². The fourth-order valence-corrected chi connectivity index (χ4v) is 3.10. The standard InChI is InChI=1S/C13H12BrF5O/c14-5-13(3-1-2-4-13)6-20-12-10(18)8(16)7(15)9(17)11(12)19/h1-6H2. The molecule has 20 heavy (non-hydrogen) atoms. The summed E-state index contributed by atoms with van der Waals surface area (Å²) >= 11 is 3.31. The van der Waals surface area contributed by atoms with Crippen LogP contribution in [0.2, 0.25) is 0 Å². The number of rotatable bonds is 4. The lowest BCUT2D eigenvalue weighted by Gasteiger charge is -2.26. The number of benzene rings is 1. The molecule has 1 saturated carbocycles. The molecule has 0 heterocycles. The van der Waals surface area contributed by atoms with E-state index in [4.69, 9.17) is 4.74 Å². The first-order valence-electron chi connectivity index (χ1n) is 6.12. The summed E-state index contributed by atoms with van der Waals surface area (Å²) in [5, 5.41) is 0.551. The van der Waals surface area contributed by atoms with Crippen LogP contribution in [0.4, 0.5) is 22.0 Å². The van der Waals surface area contributed by atoms with Gasteiger partial charge in [-0.25, -0.2) is 13.2 Å². The summed E-state index contributed by atoms with van der Waals surface area (Å²) in [4.78, 5) is 0. The average molecular weight is 359 g/mol. The molecule has 0 bridgehead atoms. The fourth-order valence-electron chi connectivity index (χ4n) is 2.38. The number of ether oxygens (including phenoxy) is 1. The van der Waals surface area contributed by atoms with Gasteiger partial charge in [0.2, 0.25) is 29.1 Å². The van der Waals surface area contributed by atoms with Gasteiger partial charge in [-0.05, 0) is 12.8 Å². The van der Waals surface area contributed by atoms with Crippen LogP contribution in [-0.2, 0) is 0 Å². The Kier molecular flexibility index (Phi) is 4.56. The molecule has 0 aromatic heterocycles. The Balaban J connectivity index is 2.26. The van der Waals surface area contributed by atoms with Gasteiger partial charge in [0.15, 0.2) is 5.75 Å². The van der Waals surface area contributed by atoms with E-state index in [1.54, 1.807) is 0 Å². The molecule has 0 N–H and O–H groups in total. The van der Waals surface area contributed by atoms with Gasteiger partial charge in [-0.1, -0.05) is 28.8 Å². The van der Waals surface area contributed by atoms with Crippen LogP contribution >= 0.6 is 15.9 Å². The third kappa shape index (κ3) is 2.64. The van der Waals surface area contributed by atoms with Gasteiger partial charge in [-0.3, -0.25) is 0 Å². The lowest BCUT2D eigenvalue weighted by Crippen LogP contribution is -2.27. The minimum atomic E-state index is -2.18. The molecule has 1 aromatic rings. The molecule has 0 saturated heterocycles. The SMILES string of the molecule is Fc1c(F)c(F)c(OCC2(CBr)CCCC2)c(F)c1F. The normalized spacial score (nSPS) is 17.5. The van der Waals surface area contributed by atoms with Crippen molar-refractivity contribution in [3.63, 3.8) is 0 Å². The van der Waals surface area contributed by atoms with Crippen LogP contribution in [0.1, 0.15) is 25.7 Å². The zero-order valence-electron chi connectivity index (χ0n) is 10.4. The van der Waals surface area contributed by atoms with Crippen molar-refractivity contribution in [1.29, 1.82) is 0 Å². The van der Waals surface area contributed by atoms with Crippen molar-refractivity contribution in [1.82, 2.24) is 0 Å². The third-order valence-electron chi connectivity index (χ3n) is 3.64. The van der Waals surface area contributed by atoms with E-state index in [2.05, 4.69) is 15.9 Å². The Bertz CT molecular complexity index is 485. The predicted molar refractivity (Wildman–Crippen MR) is 66.4 cm³/mol. The fraction of sp³-hybridized carbons (Fsp3) is 0.538. The molecule has 0 aliphatic heterocycles. The average Bonchev–Trinajstić information content (AvgIpc) is 2.92. The summed E-state index contributed by atoms with van der Waals surface area (Å²) in [6, 6.07) is 0. The van der Waals surface area contributed by atoms with E-state index in [0.717, 1.165) is 25.7 Å². The van der Waals surface area contributed by atoms with Gasteiger partial charge < -0.3 is 4.74 Å². The Morgan fingerprint density at radius 2 is 1.30 bits per heavy atom. The first-order valence-corrected chi connectivity index (χ1v) is 7.24. The lowest BCUT2D eigenvalue weighted by atomic mass is 9.90. The Morgan fingerprint density at radius 3 is 1.75 bits per heavy atom. The second kappa shape index (κ2) is 5.87. The molecule has 0 spiro atoms. The van der Waals surface area contributed by atoms with Gasteiger partial charge >= 0.3 is 0 Å². The van der Waals surface area contributed by atoms with Gasteiger partial charge in [0.05, 0.1) is 6.61 Å². The van der Waals surface area contributed by atoms with E-state index in [9.17, 15) is 22.0 Å². The molecule has 1 fully saturated rings. The monoisotopic (exact) mass is 358 g/mol. The highest BCUT2D eigenvalue weighted by Gasteiger charge is 2.35. The maximum atomic E-state index is 13.4. The number of hydrogen-bond acceptors (Lipinski definition) is 1. The Labute approximate surface area is 121 Å². The first-order chi connectivity index (χ1) is 9.42. The van der Waals surface area contributed by atoms with E-state index in [0.29, 0.717) is 5.33 Å². The lowest BCUT2D eigenvalue weighted by molar-refractivity contribution is 0.157. The molecule has 1 aromatic carbocycles. The Morgan fingerprint density at radius 1 is 0.850 bits per heavy atom. The largest absolute Gasteiger partial charge is 0.487 e. The molecule has 0 amide bonds.